The van der Waals surface area contributed by atoms with Crippen LogP contribution in [0.3, 0.4) is 0 Å². The van der Waals surface area contributed by atoms with Gasteiger partial charge in [-0.05, 0) is 30.4 Å². The lowest BCUT2D eigenvalue weighted by atomic mass is 9.89. The van der Waals surface area contributed by atoms with E-state index in [1.165, 1.54) is 37.8 Å². The molecule has 6 nitrogen and oxygen atoms in total. The molecule has 1 aliphatic rings. The highest BCUT2D eigenvalue weighted by atomic mass is 16.6. The van der Waals surface area contributed by atoms with E-state index in [1.54, 1.807) is 16.8 Å². The van der Waals surface area contributed by atoms with E-state index in [9.17, 15) is 10.1 Å². The van der Waals surface area contributed by atoms with Crippen LogP contribution in [-0.2, 0) is 13.6 Å². The molecule has 3 rings (SSSR count). The van der Waals surface area contributed by atoms with E-state index in [0.717, 1.165) is 29.9 Å². The number of aryl methyl sites for hydroxylation is 1. The summed E-state index contributed by atoms with van der Waals surface area (Å²) in [7, 11) is 1.90. The number of nitrogens with one attached hydrogen (secondary N) is 1. The molecule has 0 amide bonds. The molecule has 0 unspecified atom stereocenters. The zero-order valence-electron chi connectivity index (χ0n) is 14.3. The average Bonchev–Trinajstić information content (AvgIpc) is 3.14. The topological polar surface area (TPSA) is 73.0 Å². The second-order valence-corrected chi connectivity index (χ2v) is 7.10. The molecule has 24 heavy (non-hydrogen) atoms. The van der Waals surface area contributed by atoms with Gasteiger partial charge in [-0.25, -0.2) is 0 Å². The molecule has 1 aromatic heterocycles. The molecule has 0 spiro atoms. The number of hydrogen-bond donors (Lipinski definition) is 1. The highest BCUT2D eigenvalue weighted by molar-refractivity contribution is 5.64. The van der Waals surface area contributed by atoms with Crippen molar-refractivity contribution in [2.45, 2.75) is 39.2 Å². The molecular weight excluding hydrogens is 304 g/mol. The van der Waals surface area contributed by atoms with Gasteiger partial charge in [-0.1, -0.05) is 19.8 Å². The summed E-state index contributed by atoms with van der Waals surface area (Å²) in [4.78, 5) is 10.4. The van der Waals surface area contributed by atoms with Crippen LogP contribution in [0.25, 0.3) is 11.3 Å². The van der Waals surface area contributed by atoms with Crippen LogP contribution in [0.2, 0.25) is 0 Å². The van der Waals surface area contributed by atoms with Crippen molar-refractivity contribution in [3.8, 4) is 11.3 Å². The fraction of sp³-hybridized carbons (Fsp3) is 0.500. The van der Waals surface area contributed by atoms with Crippen molar-refractivity contribution < 1.29 is 4.92 Å². The first-order chi connectivity index (χ1) is 11.5. The van der Waals surface area contributed by atoms with Crippen LogP contribution in [0.15, 0.2) is 30.5 Å². The molecule has 1 saturated carbocycles. The Morgan fingerprint density at radius 1 is 1.29 bits per heavy atom. The van der Waals surface area contributed by atoms with Gasteiger partial charge in [0.25, 0.3) is 5.69 Å². The Morgan fingerprint density at radius 2 is 1.96 bits per heavy atom. The van der Waals surface area contributed by atoms with E-state index >= 15 is 0 Å². The summed E-state index contributed by atoms with van der Waals surface area (Å²) in [6, 6.07) is 6.59. The number of benzene rings is 1. The molecule has 0 saturated heterocycles. The number of rotatable bonds is 6. The molecule has 1 heterocycles. The van der Waals surface area contributed by atoms with Gasteiger partial charge in [0.2, 0.25) is 0 Å². The van der Waals surface area contributed by atoms with E-state index in [2.05, 4.69) is 17.3 Å². The predicted molar refractivity (Wildman–Crippen MR) is 93.6 cm³/mol. The zero-order valence-corrected chi connectivity index (χ0v) is 14.3. The second-order valence-electron chi connectivity index (χ2n) is 7.10. The largest absolute Gasteiger partial charge is 0.312 e. The summed E-state index contributed by atoms with van der Waals surface area (Å²) in [5.74, 6) is 0. The highest BCUT2D eigenvalue weighted by Gasteiger charge is 2.28. The molecule has 2 aromatic rings. The molecule has 0 bridgehead atoms. The van der Waals surface area contributed by atoms with E-state index in [4.69, 9.17) is 0 Å². The van der Waals surface area contributed by atoms with Crippen LogP contribution in [0.4, 0.5) is 5.69 Å². The molecule has 0 radical (unpaired) electrons. The monoisotopic (exact) mass is 328 g/mol. The Morgan fingerprint density at radius 3 is 2.58 bits per heavy atom. The van der Waals surface area contributed by atoms with Crippen LogP contribution in [-0.4, -0.2) is 21.2 Å². The Labute approximate surface area is 142 Å². The Balaban J connectivity index is 1.71. The number of nitrogens with zero attached hydrogens (tertiary/aromatic N) is 3. The van der Waals surface area contributed by atoms with E-state index in [-0.39, 0.29) is 10.6 Å². The van der Waals surface area contributed by atoms with E-state index in [1.807, 2.05) is 13.2 Å². The first-order valence-corrected chi connectivity index (χ1v) is 8.45. The van der Waals surface area contributed by atoms with Crippen molar-refractivity contribution in [2.24, 2.45) is 12.5 Å². The number of nitro benzene ring substituents is 1. The predicted octanol–water partition coefficient (Wildman–Crippen LogP) is 3.67. The molecule has 0 aliphatic heterocycles. The van der Waals surface area contributed by atoms with Gasteiger partial charge >= 0.3 is 0 Å². The highest BCUT2D eigenvalue weighted by Crippen LogP contribution is 2.36. The van der Waals surface area contributed by atoms with Gasteiger partial charge in [-0.15, -0.1) is 0 Å². The minimum absolute atomic E-state index is 0.100. The maximum Gasteiger partial charge on any atom is 0.269 e. The lowest BCUT2D eigenvalue weighted by molar-refractivity contribution is -0.384. The standard InChI is InChI=1S/C18H24N4O2/c1-18(9-3-4-10-18)13-19-11-15-12-21(2)20-17(15)14-5-7-16(8-6-14)22(23)24/h5-8,12,19H,3-4,9-11,13H2,1-2H3. The smallest absolute Gasteiger partial charge is 0.269 e. The summed E-state index contributed by atoms with van der Waals surface area (Å²) in [5.41, 5.74) is 3.42. The zero-order chi connectivity index (χ0) is 17.2. The maximum absolute atomic E-state index is 10.8. The Kier molecular flexibility index (Phi) is 4.66. The third-order valence-corrected chi connectivity index (χ3v) is 4.93. The minimum Gasteiger partial charge on any atom is -0.312 e. The van der Waals surface area contributed by atoms with Gasteiger partial charge in [-0.3, -0.25) is 14.8 Å². The molecule has 1 N–H and O–H groups in total. The second kappa shape index (κ2) is 6.73. The van der Waals surface area contributed by atoms with Gasteiger partial charge in [0.1, 0.15) is 0 Å². The summed E-state index contributed by atoms with van der Waals surface area (Å²) in [5, 5.41) is 18.9. The van der Waals surface area contributed by atoms with Crippen molar-refractivity contribution >= 4 is 5.69 Å². The molecule has 1 fully saturated rings. The van der Waals surface area contributed by atoms with Crippen LogP contribution >= 0.6 is 0 Å². The van der Waals surface area contributed by atoms with Crippen molar-refractivity contribution in [1.82, 2.24) is 15.1 Å². The van der Waals surface area contributed by atoms with Crippen LogP contribution in [0, 0.1) is 15.5 Å². The third kappa shape index (κ3) is 3.64. The molecular formula is C18H24N4O2. The lowest BCUT2D eigenvalue weighted by Crippen LogP contribution is -2.29. The molecule has 6 heteroatoms. The van der Waals surface area contributed by atoms with Gasteiger partial charge in [0.15, 0.2) is 0 Å². The SMILES string of the molecule is Cn1cc(CNCC2(C)CCCC2)c(-c2ccc([N+](=O)[O-])cc2)n1. The lowest BCUT2D eigenvalue weighted by Gasteiger charge is -2.23. The minimum atomic E-state index is -0.382. The van der Waals surface area contributed by atoms with Crippen molar-refractivity contribution in [3.63, 3.8) is 0 Å². The summed E-state index contributed by atoms with van der Waals surface area (Å²) in [6.45, 7) is 4.13. The first kappa shape index (κ1) is 16.6. The number of hydrogen-bond acceptors (Lipinski definition) is 4. The van der Waals surface area contributed by atoms with Crippen LogP contribution in [0.1, 0.15) is 38.2 Å². The van der Waals surface area contributed by atoms with E-state index < -0.39 is 0 Å². The van der Waals surface area contributed by atoms with Gasteiger partial charge in [-0.2, -0.15) is 5.10 Å². The van der Waals surface area contributed by atoms with E-state index in [0.29, 0.717) is 5.41 Å². The fourth-order valence-electron chi connectivity index (χ4n) is 3.56. The third-order valence-electron chi connectivity index (χ3n) is 4.93. The fourth-order valence-corrected chi connectivity index (χ4v) is 3.56. The average molecular weight is 328 g/mol. The summed E-state index contributed by atoms with van der Waals surface area (Å²) in [6.07, 6.45) is 7.27. The van der Waals surface area contributed by atoms with Crippen LogP contribution < -0.4 is 5.32 Å². The van der Waals surface area contributed by atoms with Gasteiger partial charge < -0.3 is 5.32 Å². The quantitative estimate of drug-likeness (QED) is 0.648. The summed E-state index contributed by atoms with van der Waals surface area (Å²) >= 11 is 0. The van der Waals surface area contributed by atoms with Crippen molar-refractivity contribution in [2.75, 3.05) is 6.54 Å². The number of nitro groups is 1. The van der Waals surface area contributed by atoms with Gasteiger partial charge in [0, 0.05) is 49.6 Å². The first-order valence-electron chi connectivity index (χ1n) is 8.45. The molecule has 0 atom stereocenters. The molecule has 128 valence electrons. The maximum atomic E-state index is 10.8. The molecule has 1 aliphatic carbocycles. The summed E-state index contributed by atoms with van der Waals surface area (Å²) < 4.78 is 1.80. The molecule has 1 aromatic carbocycles. The number of non-ortho nitro benzene ring substituents is 1. The van der Waals surface area contributed by atoms with Crippen LogP contribution in [0.5, 0.6) is 0 Å². The normalized spacial score (nSPS) is 16.4. The Hall–Kier alpha value is -2.21. The van der Waals surface area contributed by atoms with Crippen molar-refractivity contribution in [3.05, 3.63) is 46.1 Å². The van der Waals surface area contributed by atoms with Gasteiger partial charge in [0.05, 0.1) is 10.6 Å². The Bertz CT molecular complexity index is 715. The van der Waals surface area contributed by atoms with Crippen molar-refractivity contribution in [1.29, 1.82) is 0 Å². The number of aromatic nitrogens is 2.